The van der Waals surface area contributed by atoms with Crippen LogP contribution in [0.1, 0.15) is 32.1 Å². The van der Waals surface area contributed by atoms with Crippen LogP contribution >= 0.6 is 0 Å². The highest BCUT2D eigenvalue weighted by Crippen LogP contribution is 2.30. The number of amides is 1. The molecule has 0 unspecified atom stereocenters. The van der Waals surface area contributed by atoms with Gasteiger partial charge < -0.3 is 19.5 Å². The molecule has 1 N–H and O–H groups in total. The minimum atomic E-state index is -3.83. The summed E-state index contributed by atoms with van der Waals surface area (Å²) in [6, 6.07) is 4.32. The van der Waals surface area contributed by atoms with Gasteiger partial charge in [0.05, 0.1) is 31.8 Å². The van der Waals surface area contributed by atoms with Crippen LogP contribution < -0.4 is 14.8 Å². The second-order valence-corrected chi connectivity index (χ2v) is 8.80. The van der Waals surface area contributed by atoms with Crippen LogP contribution in [0.15, 0.2) is 23.1 Å². The predicted molar refractivity (Wildman–Crippen MR) is 105 cm³/mol. The number of carbonyl (C=O) groups excluding carboxylic acids is 1. The number of nitrogens with one attached hydrogen (secondary N) is 1. The normalized spacial score (nSPS) is 15.0. The van der Waals surface area contributed by atoms with E-state index in [0.717, 1.165) is 17.1 Å². The zero-order chi connectivity index (χ0) is 20.6. The van der Waals surface area contributed by atoms with E-state index in [1.54, 1.807) is 0 Å². The smallest absolute Gasteiger partial charge is 0.243 e. The maximum atomic E-state index is 12.7. The maximum Gasteiger partial charge on any atom is 0.243 e. The minimum absolute atomic E-state index is 0.0328. The number of carbonyl (C=O) groups is 1. The van der Waals surface area contributed by atoms with Gasteiger partial charge in [0.15, 0.2) is 11.5 Å². The van der Waals surface area contributed by atoms with Gasteiger partial charge in [-0.25, -0.2) is 8.42 Å². The monoisotopic (exact) mass is 414 g/mol. The second-order valence-electron chi connectivity index (χ2n) is 6.76. The van der Waals surface area contributed by atoms with Gasteiger partial charge in [-0.05, 0) is 31.4 Å². The first-order chi connectivity index (χ1) is 13.4. The average Bonchev–Trinajstić information content (AvgIpc) is 3.20. The molecule has 1 aliphatic carbocycles. The zero-order valence-electron chi connectivity index (χ0n) is 16.8. The van der Waals surface area contributed by atoms with Crippen molar-refractivity contribution in [3.8, 4) is 11.5 Å². The predicted octanol–water partition coefficient (Wildman–Crippen LogP) is 1.79. The van der Waals surface area contributed by atoms with Gasteiger partial charge >= 0.3 is 0 Å². The summed E-state index contributed by atoms with van der Waals surface area (Å²) in [7, 11) is 0.450. The van der Waals surface area contributed by atoms with E-state index in [2.05, 4.69) is 5.32 Å². The number of methoxy groups -OCH3 is 2. The fourth-order valence-corrected chi connectivity index (χ4v) is 4.25. The highest BCUT2D eigenvalue weighted by Gasteiger charge is 2.24. The summed E-state index contributed by atoms with van der Waals surface area (Å²) >= 11 is 0. The van der Waals surface area contributed by atoms with E-state index < -0.39 is 10.0 Å². The first-order valence-electron chi connectivity index (χ1n) is 9.45. The molecule has 0 heterocycles. The highest BCUT2D eigenvalue weighted by atomic mass is 32.2. The Morgan fingerprint density at radius 3 is 2.50 bits per heavy atom. The quantitative estimate of drug-likeness (QED) is 0.555. The van der Waals surface area contributed by atoms with Crippen LogP contribution in [-0.2, 0) is 19.6 Å². The Kier molecular flexibility index (Phi) is 8.53. The van der Waals surface area contributed by atoms with Crippen molar-refractivity contribution in [3.63, 3.8) is 0 Å². The van der Waals surface area contributed by atoms with Crippen LogP contribution in [-0.4, -0.2) is 65.7 Å². The molecule has 0 aromatic heterocycles. The van der Waals surface area contributed by atoms with Crippen molar-refractivity contribution in [1.29, 1.82) is 0 Å². The van der Waals surface area contributed by atoms with Crippen molar-refractivity contribution in [2.75, 3.05) is 41.0 Å². The number of nitrogens with zero attached hydrogens (tertiary/aromatic N) is 1. The van der Waals surface area contributed by atoms with Gasteiger partial charge in [0.1, 0.15) is 0 Å². The molecule has 0 bridgehead atoms. The molecule has 0 atom stereocenters. The summed E-state index contributed by atoms with van der Waals surface area (Å²) in [6.45, 7) is 0.792. The Labute approximate surface area is 167 Å². The molecule has 0 aliphatic heterocycles. The fourth-order valence-electron chi connectivity index (χ4n) is 3.11. The van der Waals surface area contributed by atoms with Crippen molar-refractivity contribution in [1.82, 2.24) is 9.62 Å². The number of rotatable bonds is 11. The van der Waals surface area contributed by atoms with Gasteiger partial charge in [-0.15, -0.1) is 0 Å². The minimum Gasteiger partial charge on any atom is -0.493 e. The van der Waals surface area contributed by atoms with Gasteiger partial charge in [-0.2, -0.15) is 4.31 Å². The van der Waals surface area contributed by atoms with Gasteiger partial charge in [-0.1, -0.05) is 12.8 Å². The second kappa shape index (κ2) is 10.6. The fraction of sp³-hybridized carbons (Fsp3) is 0.632. The highest BCUT2D eigenvalue weighted by molar-refractivity contribution is 7.89. The van der Waals surface area contributed by atoms with Crippen molar-refractivity contribution in [2.45, 2.75) is 43.1 Å². The summed E-state index contributed by atoms with van der Waals surface area (Å²) in [5.41, 5.74) is 0. The molecular formula is C19H30N2O6S. The van der Waals surface area contributed by atoms with Crippen molar-refractivity contribution < 1.29 is 27.4 Å². The number of hydrogen-bond acceptors (Lipinski definition) is 6. The van der Waals surface area contributed by atoms with Gasteiger partial charge in [0.25, 0.3) is 0 Å². The molecule has 9 heteroatoms. The van der Waals surface area contributed by atoms with Crippen LogP contribution in [0.25, 0.3) is 0 Å². The molecule has 1 aromatic carbocycles. The third-order valence-corrected chi connectivity index (χ3v) is 6.53. The van der Waals surface area contributed by atoms with E-state index in [4.69, 9.17) is 14.2 Å². The van der Waals surface area contributed by atoms with Crippen LogP contribution in [0.4, 0.5) is 0 Å². The Hall–Kier alpha value is -1.84. The van der Waals surface area contributed by atoms with Gasteiger partial charge in [0.2, 0.25) is 15.9 Å². The standard InChI is InChI=1S/C19H30N2O6S/c1-21(14-19(22)20-11-6-12-27-15-7-4-5-8-15)28(23,24)16-9-10-17(25-2)18(13-16)26-3/h9-10,13,15H,4-8,11-12,14H2,1-3H3,(H,20,22). The van der Waals surface area contributed by atoms with E-state index in [1.807, 2.05) is 0 Å². The molecule has 0 saturated heterocycles. The topological polar surface area (TPSA) is 94.2 Å². The summed E-state index contributed by atoms with van der Waals surface area (Å²) in [6.07, 6.45) is 5.74. The Morgan fingerprint density at radius 1 is 1.18 bits per heavy atom. The lowest BCUT2D eigenvalue weighted by Crippen LogP contribution is -2.38. The molecule has 1 amide bonds. The van der Waals surface area contributed by atoms with E-state index in [1.165, 1.54) is 52.3 Å². The summed E-state index contributed by atoms with van der Waals surface area (Å²) in [5, 5.41) is 2.73. The molecule has 28 heavy (non-hydrogen) atoms. The van der Waals surface area contributed by atoms with Gasteiger partial charge in [0, 0.05) is 26.3 Å². The number of likely N-dealkylation sites (N-methyl/N-ethyl adjacent to an activating group) is 1. The van der Waals surface area contributed by atoms with Crippen LogP contribution in [0.3, 0.4) is 0 Å². The zero-order valence-corrected chi connectivity index (χ0v) is 17.6. The third-order valence-electron chi connectivity index (χ3n) is 4.73. The van der Waals surface area contributed by atoms with E-state index >= 15 is 0 Å². The molecule has 2 rings (SSSR count). The first-order valence-corrected chi connectivity index (χ1v) is 10.9. The largest absolute Gasteiger partial charge is 0.493 e. The van der Waals surface area contributed by atoms with Crippen molar-refractivity contribution >= 4 is 15.9 Å². The summed E-state index contributed by atoms with van der Waals surface area (Å²) in [5.74, 6) is 0.387. The number of sulfonamides is 1. The lowest BCUT2D eigenvalue weighted by molar-refractivity contribution is -0.121. The SMILES string of the molecule is COc1ccc(S(=O)(=O)N(C)CC(=O)NCCCOC2CCCC2)cc1OC. The number of benzene rings is 1. The van der Waals surface area contributed by atoms with Crippen LogP contribution in [0, 0.1) is 0 Å². The van der Waals surface area contributed by atoms with E-state index in [9.17, 15) is 13.2 Å². The van der Waals surface area contributed by atoms with E-state index in [0.29, 0.717) is 37.2 Å². The number of hydrogen-bond donors (Lipinski definition) is 1. The maximum absolute atomic E-state index is 12.7. The van der Waals surface area contributed by atoms with Gasteiger partial charge in [-0.3, -0.25) is 4.79 Å². The Morgan fingerprint density at radius 2 is 1.86 bits per heavy atom. The molecule has 158 valence electrons. The molecule has 0 radical (unpaired) electrons. The molecule has 1 fully saturated rings. The molecule has 1 saturated carbocycles. The number of ether oxygens (including phenoxy) is 3. The molecule has 0 spiro atoms. The Bertz CT molecular complexity index is 747. The van der Waals surface area contributed by atoms with E-state index in [-0.39, 0.29) is 17.3 Å². The molecule has 8 nitrogen and oxygen atoms in total. The third kappa shape index (κ3) is 6.08. The lowest BCUT2D eigenvalue weighted by Gasteiger charge is -2.18. The van der Waals surface area contributed by atoms with Crippen LogP contribution in [0.2, 0.25) is 0 Å². The lowest BCUT2D eigenvalue weighted by atomic mass is 10.3. The first kappa shape index (κ1) is 22.4. The summed E-state index contributed by atoms with van der Waals surface area (Å²) < 4.78 is 42.4. The molecule has 1 aliphatic rings. The molecule has 1 aromatic rings. The average molecular weight is 415 g/mol. The van der Waals surface area contributed by atoms with Crippen LogP contribution in [0.5, 0.6) is 11.5 Å². The van der Waals surface area contributed by atoms with Crippen molar-refractivity contribution in [3.05, 3.63) is 18.2 Å². The molecular weight excluding hydrogens is 384 g/mol. The van der Waals surface area contributed by atoms with Crippen molar-refractivity contribution in [2.24, 2.45) is 0 Å². The summed E-state index contributed by atoms with van der Waals surface area (Å²) in [4.78, 5) is 12.1. The Balaban J connectivity index is 1.81.